The van der Waals surface area contributed by atoms with Crippen molar-refractivity contribution in [2.24, 2.45) is 11.8 Å². The minimum atomic E-state index is -0.967. The van der Waals surface area contributed by atoms with Crippen LogP contribution < -0.4 is 0 Å². The first-order valence-corrected chi connectivity index (χ1v) is 7.16. The monoisotopic (exact) mass is 265 g/mol. The number of carboxylic acids is 1. The summed E-state index contributed by atoms with van der Waals surface area (Å²) in [6.45, 7) is 6.45. The molecule has 5 nitrogen and oxygen atoms in total. The third-order valence-electron chi connectivity index (χ3n) is 3.93. The number of hydrogen-bond acceptors (Lipinski definition) is 3. The van der Waals surface area contributed by atoms with E-state index in [4.69, 9.17) is 0 Å². The second-order valence-corrected chi connectivity index (χ2v) is 6.15. The summed E-state index contributed by atoms with van der Waals surface area (Å²) in [7, 11) is 0. The number of aromatic nitrogens is 3. The van der Waals surface area contributed by atoms with E-state index in [-0.39, 0.29) is 5.69 Å². The van der Waals surface area contributed by atoms with Gasteiger partial charge in [0.1, 0.15) is 0 Å². The number of aromatic carboxylic acids is 1. The van der Waals surface area contributed by atoms with Crippen molar-refractivity contribution in [2.45, 2.75) is 58.9 Å². The Bertz CT molecular complexity index is 446. The van der Waals surface area contributed by atoms with Crippen LogP contribution in [0.5, 0.6) is 0 Å². The highest BCUT2D eigenvalue weighted by molar-refractivity contribution is 5.86. The van der Waals surface area contributed by atoms with Crippen molar-refractivity contribution in [2.75, 3.05) is 0 Å². The lowest BCUT2D eigenvalue weighted by molar-refractivity contribution is 0.0689. The first-order valence-electron chi connectivity index (χ1n) is 7.16. The normalized spacial score (nSPS) is 23.8. The van der Waals surface area contributed by atoms with Crippen molar-refractivity contribution >= 4 is 5.97 Å². The topological polar surface area (TPSA) is 68.0 Å². The molecule has 0 saturated heterocycles. The summed E-state index contributed by atoms with van der Waals surface area (Å²) in [5, 5.41) is 17.2. The van der Waals surface area contributed by atoms with Crippen molar-refractivity contribution in [3.05, 3.63) is 11.4 Å². The molecular weight excluding hydrogens is 242 g/mol. The third-order valence-corrected chi connectivity index (χ3v) is 3.93. The quantitative estimate of drug-likeness (QED) is 0.908. The molecule has 1 fully saturated rings. The lowest BCUT2D eigenvalue weighted by Gasteiger charge is -2.27. The first-order chi connectivity index (χ1) is 8.99. The maximum atomic E-state index is 11.2. The lowest BCUT2D eigenvalue weighted by atomic mass is 9.87. The molecule has 1 aliphatic carbocycles. The van der Waals surface area contributed by atoms with E-state index in [1.807, 2.05) is 4.68 Å². The van der Waals surface area contributed by atoms with Gasteiger partial charge in [-0.25, -0.2) is 9.48 Å². The molecule has 0 bridgehead atoms. The Balaban J connectivity index is 2.26. The third kappa shape index (κ3) is 3.14. The van der Waals surface area contributed by atoms with Gasteiger partial charge in [-0.15, -0.1) is 5.10 Å². The molecule has 5 heteroatoms. The van der Waals surface area contributed by atoms with Crippen molar-refractivity contribution in [1.82, 2.24) is 15.0 Å². The number of carbonyl (C=O) groups is 1. The summed E-state index contributed by atoms with van der Waals surface area (Å²) < 4.78 is 1.88. The molecule has 1 aliphatic rings. The van der Waals surface area contributed by atoms with Crippen LogP contribution in [0.2, 0.25) is 0 Å². The van der Waals surface area contributed by atoms with Crippen LogP contribution in [0, 0.1) is 11.8 Å². The molecule has 0 aromatic carbocycles. The van der Waals surface area contributed by atoms with E-state index in [1.165, 1.54) is 12.8 Å². The Labute approximate surface area is 114 Å². The molecule has 1 aromatic rings. The van der Waals surface area contributed by atoms with Gasteiger partial charge in [-0.05, 0) is 43.9 Å². The van der Waals surface area contributed by atoms with Gasteiger partial charge in [0.25, 0.3) is 0 Å². The van der Waals surface area contributed by atoms with Crippen LogP contribution in [0.4, 0.5) is 0 Å². The molecule has 0 spiro atoms. The van der Waals surface area contributed by atoms with Crippen molar-refractivity contribution in [1.29, 1.82) is 0 Å². The second kappa shape index (κ2) is 5.72. The fraction of sp³-hybridized carbons (Fsp3) is 0.786. The average Bonchev–Trinajstić information content (AvgIpc) is 2.73. The SMILES string of the molecule is CC(C)Cc1c(C(=O)O)nnn1C1CCC(C)CC1. The van der Waals surface area contributed by atoms with E-state index >= 15 is 0 Å². The highest BCUT2D eigenvalue weighted by atomic mass is 16.4. The second-order valence-electron chi connectivity index (χ2n) is 6.15. The van der Waals surface area contributed by atoms with Gasteiger partial charge in [0.05, 0.1) is 11.7 Å². The van der Waals surface area contributed by atoms with Gasteiger partial charge in [0.2, 0.25) is 0 Å². The molecule has 0 amide bonds. The number of carboxylic acid groups (broad SMARTS) is 1. The molecular formula is C14H23N3O2. The fourth-order valence-electron chi connectivity index (χ4n) is 2.84. The summed E-state index contributed by atoms with van der Waals surface area (Å²) in [4.78, 5) is 11.2. The zero-order chi connectivity index (χ0) is 14.0. The molecule has 1 N–H and O–H groups in total. The molecule has 2 rings (SSSR count). The number of rotatable bonds is 4. The summed E-state index contributed by atoms with van der Waals surface area (Å²) in [5.74, 6) is 0.205. The molecule has 19 heavy (non-hydrogen) atoms. The van der Waals surface area contributed by atoms with Crippen LogP contribution in [-0.4, -0.2) is 26.1 Å². The highest BCUT2D eigenvalue weighted by Crippen LogP contribution is 2.32. The van der Waals surface area contributed by atoms with E-state index < -0.39 is 5.97 Å². The van der Waals surface area contributed by atoms with Crippen LogP contribution in [0.25, 0.3) is 0 Å². The van der Waals surface area contributed by atoms with Gasteiger partial charge < -0.3 is 5.11 Å². The predicted octanol–water partition coefficient (Wildman–Crippen LogP) is 2.93. The Morgan fingerprint density at radius 1 is 1.37 bits per heavy atom. The molecule has 1 aromatic heterocycles. The van der Waals surface area contributed by atoms with Crippen molar-refractivity contribution in [3.63, 3.8) is 0 Å². The Kier molecular flexibility index (Phi) is 4.22. The molecule has 0 radical (unpaired) electrons. The van der Waals surface area contributed by atoms with E-state index in [9.17, 15) is 9.90 Å². The van der Waals surface area contributed by atoms with Crippen LogP contribution in [0.3, 0.4) is 0 Å². The maximum Gasteiger partial charge on any atom is 0.358 e. The van der Waals surface area contributed by atoms with E-state index in [0.29, 0.717) is 12.0 Å². The molecule has 0 atom stereocenters. The smallest absolute Gasteiger partial charge is 0.358 e. The lowest BCUT2D eigenvalue weighted by Crippen LogP contribution is -2.21. The van der Waals surface area contributed by atoms with Gasteiger partial charge in [0.15, 0.2) is 5.69 Å². The zero-order valence-corrected chi connectivity index (χ0v) is 12.0. The summed E-state index contributed by atoms with van der Waals surface area (Å²) in [6, 6.07) is 0.325. The molecule has 1 heterocycles. The zero-order valence-electron chi connectivity index (χ0n) is 12.0. The first kappa shape index (κ1) is 14.0. The molecule has 106 valence electrons. The van der Waals surface area contributed by atoms with Crippen molar-refractivity contribution < 1.29 is 9.90 Å². The van der Waals surface area contributed by atoms with Gasteiger partial charge in [0, 0.05) is 0 Å². The van der Waals surface area contributed by atoms with Crippen LogP contribution in [0.1, 0.15) is 68.7 Å². The van der Waals surface area contributed by atoms with E-state index in [0.717, 1.165) is 30.9 Å². The summed E-state index contributed by atoms with van der Waals surface area (Å²) >= 11 is 0. The van der Waals surface area contributed by atoms with E-state index in [1.54, 1.807) is 0 Å². The van der Waals surface area contributed by atoms with Gasteiger partial charge in [-0.3, -0.25) is 0 Å². The van der Waals surface area contributed by atoms with Crippen LogP contribution in [0.15, 0.2) is 0 Å². The standard InChI is InChI=1S/C14H23N3O2/c1-9(2)8-12-13(14(18)19)15-16-17(12)11-6-4-10(3)5-7-11/h9-11H,4-8H2,1-3H3,(H,18,19). The summed E-state index contributed by atoms with van der Waals surface area (Å²) in [6.07, 6.45) is 5.26. The molecule has 0 aliphatic heterocycles. The number of nitrogens with zero attached hydrogens (tertiary/aromatic N) is 3. The molecule has 0 unspecified atom stereocenters. The Hall–Kier alpha value is -1.39. The average molecular weight is 265 g/mol. The Morgan fingerprint density at radius 2 is 2.00 bits per heavy atom. The predicted molar refractivity (Wildman–Crippen MR) is 72.2 cm³/mol. The van der Waals surface area contributed by atoms with Gasteiger partial charge in [-0.1, -0.05) is 26.0 Å². The van der Waals surface area contributed by atoms with Crippen LogP contribution >= 0.6 is 0 Å². The van der Waals surface area contributed by atoms with Crippen LogP contribution in [-0.2, 0) is 6.42 Å². The minimum absolute atomic E-state index is 0.132. The fourth-order valence-corrected chi connectivity index (χ4v) is 2.84. The maximum absolute atomic E-state index is 11.2. The minimum Gasteiger partial charge on any atom is -0.476 e. The van der Waals surface area contributed by atoms with E-state index in [2.05, 4.69) is 31.1 Å². The van der Waals surface area contributed by atoms with Gasteiger partial charge >= 0.3 is 5.97 Å². The van der Waals surface area contributed by atoms with Gasteiger partial charge in [-0.2, -0.15) is 0 Å². The largest absolute Gasteiger partial charge is 0.476 e. The number of hydrogen-bond donors (Lipinski definition) is 1. The highest BCUT2D eigenvalue weighted by Gasteiger charge is 2.26. The molecule has 1 saturated carbocycles. The summed E-state index contributed by atoms with van der Waals surface area (Å²) in [5.41, 5.74) is 0.925. The van der Waals surface area contributed by atoms with Crippen molar-refractivity contribution in [3.8, 4) is 0 Å². The Morgan fingerprint density at radius 3 is 2.53 bits per heavy atom.